The third kappa shape index (κ3) is 3.43. The molecule has 0 N–H and O–H groups in total. The summed E-state index contributed by atoms with van der Waals surface area (Å²) in [5, 5.41) is 0. The fourth-order valence-electron chi connectivity index (χ4n) is 2.03. The number of aryl methyl sites for hydroxylation is 2. The first kappa shape index (κ1) is 12.8. The van der Waals surface area contributed by atoms with E-state index >= 15 is 0 Å². The van der Waals surface area contributed by atoms with E-state index in [4.69, 9.17) is 0 Å². The maximum atomic E-state index is 12.0. The summed E-state index contributed by atoms with van der Waals surface area (Å²) in [5.41, 5.74) is 5.06. The highest BCUT2D eigenvalue weighted by Crippen LogP contribution is 2.20. The highest BCUT2D eigenvalue weighted by atomic mass is 19.1. The van der Waals surface area contributed by atoms with E-state index in [1.165, 1.54) is 22.3 Å². The highest BCUT2D eigenvalue weighted by molar-refractivity contribution is 5.63. The van der Waals surface area contributed by atoms with Crippen molar-refractivity contribution < 1.29 is 4.39 Å². The molecule has 0 radical (unpaired) electrons. The van der Waals surface area contributed by atoms with Crippen LogP contribution in [0.1, 0.15) is 24.0 Å². The van der Waals surface area contributed by atoms with Crippen LogP contribution in [0.2, 0.25) is 0 Å². The molecular formula is C17H19F. The third-order valence-corrected chi connectivity index (χ3v) is 3.19. The van der Waals surface area contributed by atoms with Crippen molar-refractivity contribution in [3.63, 3.8) is 0 Å². The van der Waals surface area contributed by atoms with Crippen LogP contribution in [0.4, 0.5) is 4.39 Å². The molecule has 0 heterocycles. The van der Waals surface area contributed by atoms with Gasteiger partial charge >= 0.3 is 0 Å². The molecule has 0 bridgehead atoms. The molecule has 2 aromatic rings. The average Bonchev–Trinajstić information content (AvgIpc) is 2.41. The number of hydrogen-bond donors (Lipinski definition) is 0. The van der Waals surface area contributed by atoms with Gasteiger partial charge in [0.2, 0.25) is 0 Å². The Balaban J connectivity index is 2.05. The molecule has 0 atom stereocenters. The van der Waals surface area contributed by atoms with Gasteiger partial charge in [0.25, 0.3) is 0 Å². The van der Waals surface area contributed by atoms with E-state index in [1.54, 1.807) is 0 Å². The van der Waals surface area contributed by atoms with E-state index in [2.05, 4.69) is 55.5 Å². The summed E-state index contributed by atoms with van der Waals surface area (Å²) in [6.45, 7) is 1.89. The van der Waals surface area contributed by atoms with Gasteiger partial charge in [-0.3, -0.25) is 4.39 Å². The molecule has 2 rings (SSSR count). The molecule has 94 valence electrons. The molecule has 0 aliphatic heterocycles. The zero-order valence-corrected chi connectivity index (χ0v) is 10.8. The van der Waals surface area contributed by atoms with E-state index in [9.17, 15) is 4.39 Å². The quantitative estimate of drug-likeness (QED) is 0.650. The Kier molecular flexibility index (Phi) is 4.52. The van der Waals surface area contributed by atoms with Crippen molar-refractivity contribution in [3.8, 4) is 11.1 Å². The topological polar surface area (TPSA) is 0 Å². The Morgan fingerprint density at radius 3 is 1.89 bits per heavy atom. The maximum absolute atomic E-state index is 12.0. The van der Waals surface area contributed by atoms with Crippen molar-refractivity contribution in [2.75, 3.05) is 6.67 Å². The zero-order valence-electron chi connectivity index (χ0n) is 10.8. The van der Waals surface area contributed by atoms with E-state index < -0.39 is 0 Å². The monoisotopic (exact) mass is 242 g/mol. The molecule has 0 aliphatic rings. The first-order valence-electron chi connectivity index (χ1n) is 6.51. The second kappa shape index (κ2) is 6.34. The smallest absolute Gasteiger partial charge is 0.0894 e. The van der Waals surface area contributed by atoms with Crippen LogP contribution in [0.5, 0.6) is 0 Å². The number of alkyl halides is 1. The van der Waals surface area contributed by atoms with E-state index in [1.807, 2.05) is 0 Å². The molecule has 0 amide bonds. The zero-order chi connectivity index (χ0) is 12.8. The van der Waals surface area contributed by atoms with Crippen molar-refractivity contribution in [1.29, 1.82) is 0 Å². The van der Waals surface area contributed by atoms with Crippen LogP contribution in [0.15, 0.2) is 48.5 Å². The summed E-state index contributed by atoms with van der Waals surface area (Å²) in [4.78, 5) is 0. The number of hydrogen-bond acceptors (Lipinski definition) is 0. The van der Waals surface area contributed by atoms with Gasteiger partial charge in [0.05, 0.1) is 6.67 Å². The Morgan fingerprint density at radius 2 is 1.33 bits per heavy atom. The highest BCUT2D eigenvalue weighted by Gasteiger charge is 1.98. The van der Waals surface area contributed by atoms with Gasteiger partial charge in [-0.25, -0.2) is 0 Å². The van der Waals surface area contributed by atoms with Crippen LogP contribution in [0.3, 0.4) is 0 Å². The second-order valence-electron chi connectivity index (χ2n) is 4.71. The molecule has 18 heavy (non-hydrogen) atoms. The lowest BCUT2D eigenvalue weighted by atomic mass is 10.0. The minimum atomic E-state index is -0.207. The normalized spacial score (nSPS) is 10.6. The lowest BCUT2D eigenvalue weighted by Crippen LogP contribution is -1.87. The van der Waals surface area contributed by atoms with Gasteiger partial charge in [-0.15, -0.1) is 0 Å². The van der Waals surface area contributed by atoms with Crippen LogP contribution < -0.4 is 0 Å². The van der Waals surface area contributed by atoms with Gasteiger partial charge < -0.3 is 0 Å². The Bertz CT molecular complexity index is 468. The van der Waals surface area contributed by atoms with E-state index in [0.29, 0.717) is 6.42 Å². The maximum Gasteiger partial charge on any atom is 0.0894 e. The summed E-state index contributed by atoms with van der Waals surface area (Å²) in [5.74, 6) is 0. The second-order valence-corrected chi connectivity index (χ2v) is 4.71. The van der Waals surface area contributed by atoms with Crippen molar-refractivity contribution in [1.82, 2.24) is 0 Å². The fourth-order valence-corrected chi connectivity index (χ4v) is 2.03. The number of benzene rings is 2. The Labute approximate surface area is 108 Å². The first-order valence-corrected chi connectivity index (χ1v) is 6.51. The summed E-state index contributed by atoms with van der Waals surface area (Å²) in [7, 11) is 0. The van der Waals surface area contributed by atoms with Gasteiger partial charge in [-0.05, 0) is 42.9 Å². The van der Waals surface area contributed by atoms with Crippen LogP contribution in [0, 0.1) is 6.92 Å². The van der Waals surface area contributed by atoms with Crippen LogP contribution in [0.25, 0.3) is 11.1 Å². The molecule has 0 unspecified atom stereocenters. The van der Waals surface area contributed by atoms with Crippen LogP contribution >= 0.6 is 0 Å². The molecule has 0 spiro atoms. The summed E-state index contributed by atoms with van der Waals surface area (Å²) in [6, 6.07) is 17.1. The molecule has 0 saturated carbocycles. The fraction of sp³-hybridized carbons (Fsp3) is 0.294. The number of rotatable bonds is 5. The largest absolute Gasteiger partial charge is 0.251 e. The minimum Gasteiger partial charge on any atom is -0.251 e. The number of halogens is 1. The summed E-state index contributed by atoms with van der Waals surface area (Å²) < 4.78 is 12.0. The SMILES string of the molecule is Cc1ccc(-c2ccc(CCCCF)cc2)cc1. The van der Waals surface area contributed by atoms with Gasteiger partial charge in [0, 0.05) is 0 Å². The predicted molar refractivity (Wildman–Crippen MR) is 75.5 cm³/mol. The standard InChI is InChI=1S/C17H19F/c1-14-5-9-16(10-6-14)17-11-7-15(8-12-17)4-2-3-13-18/h5-12H,2-4,13H2,1H3. The van der Waals surface area contributed by atoms with E-state index in [0.717, 1.165) is 12.8 Å². The number of unbranched alkanes of at least 4 members (excludes halogenated alkanes) is 1. The molecular weight excluding hydrogens is 223 g/mol. The van der Waals surface area contributed by atoms with Crippen molar-refractivity contribution in [3.05, 3.63) is 59.7 Å². The van der Waals surface area contributed by atoms with Crippen LogP contribution in [-0.2, 0) is 6.42 Å². The Hall–Kier alpha value is -1.63. The molecule has 2 aromatic carbocycles. The molecule has 0 fully saturated rings. The summed E-state index contributed by atoms with van der Waals surface area (Å²) >= 11 is 0. The molecule has 0 saturated heterocycles. The third-order valence-electron chi connectivity index (χ3n) is 3.19. The lowest BCUT2D eigenvalue weighted by Gasteiger charge is -2.05. The van der Waals surface area contributed by atoms with Gasteiger partial charge in [-0.2, -0.15) is 0 Å². The first-order chi connectivity index (χ1) is 8.79. The van der Waals surface area contributed by atoms with Crippen molar-refractivity contribution >= 4 is 0 Å². The van der Waals surface area contributed by atoms with Crippen LogP contribution in [-0.4, -0.2) is 6.67 Å². The predicted octanol–water partition coefficient (Wildman–Crippen LogP) is 4.95. The molecule has 0 aromatic heterocycles. The van der Waals surface area contributed by atoms with E-state index in [-0.39, 0.29) is 6.67 Å². The minimum absolute atomic E-state index is 0.207. The van der Waals surface area contributed by atoms with Crippen molar-refractivity contribution in [2.45, 2.75) is 26.2 Å². The van der Waals surface area contributed by atoms with Gasteiger partial charge in [0.1, 0.15) is 0 Å². The molecule has 0 nitrogen and oxygen atoms in total. The molecule has 0 aliphatic carbocycles. The summed E-state index contributed by atoms with van der Waals surface area (Å²) in [6.07, 6.45) is 2.57. The van der Waals surface area contributed by atoms with Gasteiger partial charge in [-0.1, -0.05) is 54.1 Å². The lowest BCUT2D eigenvalue weighted by molar-refractivity contribution is 0.462. The van der Waals surface area contributed by atoms with Crippen molar-refractivity contribution in [2.24, 2.45) is 0 Å². The Morgan fingerprint density at radius 1 is 0.778 bits per heavy atom. The average molecular weight is 242 g/mol. The van der Waals surface area contributed by atoms with Gasteiger partial charge in [0.15, 0.2) is 0 Å². The molecule has 1 heteroatoms.